The maximum atomic E-state index is 11.3. The van der Waals surface area contributed by atoms with Gasteiger partial charge in [-0.15, -0.1) is 0 Å². The fourth-order valence-electron chi connectivity index (χ4n) is 3.16. The van der Waals surface area contributed by atoms with E-state index >= 15 is 0 Å². The zero-order chi connectivity index (χ0) is 14.9. The van der Waals surface area contributed by atoms with Crippen LogP contribution in [0.3, 0.4) is 0 Å². The summed E-state index contributed by atoms with van der Waals surface area (Å²) in [5.74, 6) is -0.927. The minimum atomic E-state index is -0.674. The van der Waals surface area contributed by atoms with E-state index in [4.69, 9.17) is 11.6 Å². The number of aryl methyl sites for hydroxylation is 2. The maximum Gasteiger partial charge on any atom is 0.308 e. The van der Waals surface area contributed by atoms with Gasteiger partial charge >= 0.3 is 5.97 Å². The second kappa shape index (κ2) is 6.15. The SMILES string of the molecule is Cc1cc(Cl)cc(C)c1CN1CCC[C@@H](C(=O)O)[C@H]1C. The molecular weight excluding hydrogens is 274 g/mol. The lowest BCUT2D eigenvalue weighted by molar-refractivity contribution is -0.145. The van der Waals surface area contributed by atoms with Gasteiger partial charge in [-0.05, 0) is 69.0 Å². The summed E-state index contributed by atoms with van der Waals surface area (Å²) in [6.45, 7) is 7.93. The Hall–Kier alpha value is -1.06. The molecule has 1 fully saturated rings. The number of carboxylic acids is 1. The molecule has 0 saturated carbocycles. The second-order valence-corrected chi connectivity index (χ2v) is 6.25. The molecule has 2 rings (SSSR count). The quantitative estimate of drug-likeness (QED) is 0.925. The first-order valence-corrected chi connectivity index (χ1v) is 7.50. The van der Waals surface area contributed by atoms with Crippen LogP contribution in [0.4, 0.5) is 0 Å². The molecule has 0 bridgehead atoms. The first kappa shape index (κ1) is 15.3. The van der Waals surface area contributed by atoms with Crippen molar-refractivity contribution in [2.45, 2.75) is 46.2 Å². The third-order valence-electron chi connectivity index (χ3n) is 4.46. The van der Waals surface area contributed by atoms with Crippen molar-refractivity contribution in [3.63, 3.8) is 0 Å². The van der Waals surface area contributed by atoms with Crippen LogP contribution >= 0.6 is 11.6 Å². The third kappa shape index (κ3) is 3.15. The minimum absolute atomic E-state index is 0.0794. The number of aliphatic carboxylic acids is 1. The number of carbonyl (C=O) groups is 1. The molecule has 1 aromatic carbocycles. The maximum absolute atomic E-state index is 11.3. The molecule has 20 heavy (non-hydrogen) atoms. The number of rotatable bonds is 3. The highest BCUT2D eigenvalue weighted by molar-refractivity contribution is 6.30. The van der Waals surface area contributed by atoms with Crippen LogP contribution in [-0.4, -0.2) is 28.6 Å². The van der Waals surface area contributed by atoms with Gasteiger partial charge < -0.3 is 5.11 Å². The molecule has 4 heteroatoms. The molecule has 110 valence electrons. The summed E-state index contributed by atoms with van der Waals surface area (Å²) in [6, 6.07) is 4.04. The van der Waals surface area contributed by atoms with Crippen LogP contribution in [0.15, 0.2) is 12.1 Å². The van der Waals surface area contributed by atoms with Gasteiger partial charge in [-0.1, -0.05) is 11.6 Å². The van der Waals surface area contributed by atoms with E-state index in [1.54, 1.807) is 0 Å². The van der Waals surface area contributed by atoms with E-state index in [1.807, 2.05) is 19.1 Å². The summed E-state index contributed by atoms with van der Waals surface area (Å²) >= 11 is 6.07. The zero-order valence-electron chi connectivity index (χ0n) is 12.3. The normalized spacial score (nSPS) is 23.8. The molecule has 0 spiro atoms. The molecule has 1 aliphatic rings. The average molecular weight is 296 g/mol. The summed E-state index contributed by atoms with van der Waals surface area (Å²) in [7, 11) is 0. The topological polar surface area (TPSA) is 40.5 Å². The minimum Gasteiger partial charge on any atom is -0.481 e. The Bertz CT molecular complexity index is 492. The number of nitrogens with zero attached hydrogens (tertiary/aromatic N) is 1. The molecule has 2 atom stereocenters. The van der Waals surface area contributed by atoms with Gasteiger partial charge in [-0.25, -0.2) is 0 Å². The number of carboxylic acid groups (broad SMARTS) is 1. The van der Waals surface area contributed by atoms with Crippen LogP contribution in [0.25, 0.3) is 0 Å². The van der Waals surface area contributed by atoms with Gasteiger partial charge in [0, 0.05) is 17.6 Å². The zero-order valence-corrected chi connectivity index (χ0v) is 13.1. The van der Waals surface area contributed by atoms with Crippen molar-refractivity contribution < 1.29 is 9.90 Å². The lowest BCUT2D eigenvalue weighted by atomic mass is 9.89. The molecule has 1 N–H and O–H groups in total. The van der Waals surface area contributed by atoms with Crippen LogP contribution in [0.5, 0.6) is 0 Å². The van der Waals surface area contributed by atoms with Crippen molar-refractivity contribution in [2.75, 3.05) is 6.54 Å². The second-order valence-electron chi connectivity index (χ2n) is 5.82. The summed E-state index contributed by atoms with van der Waals surface area (Å²) in [6.07, 6.45) is 1.73. The monoisotopic (exact) mass is 295 g/mol. The number of hydrogen-bond donors (Lipinski definition) is 1. The highest BCUT2D eigenvalue weighted by Crippen LogP contribution is 2.28. The van der Waals surface area contributed by atoms with Gasteiger partial charge in [0.25, 0.3) is 0 Å². The Morgan fingerprint density at radius 1 is 1.40 bits per heavy atom. The molecule has 0 aliphatic carbocycles. The molecule has 3 nitrogen and oxygen atoms in total. The van der Waals surface area contributed by atoms with E-state index in [0.29, 0.717) is 0 Å². The first-order valence-electron chi connectivity index (χ1n) is 7.12. The fourth-order valence-corrected chi connectivity index (χ4v) is 3.49. The molecule has 0 radical (unpaired) electrons. The molecule has 1 heterocycles. The van der Waals surface area contributed by atoms with Crippen molar-refractivity contribution in [3.8, 4) is 0 Å². The molecule has 0 amide bonds. The van der Waals surface area contributed by atoms with Crippen LogP contribution < -0.4 is 0 Å². The van der Waals surface area contributed by atoms with Crippen molar-refractivity contribution in [2.24, 2.45) is 5.92 Å². The highest BCUT2D eigenvalue weighted by Gasteiger charge is 2.32. The lowest BCUT2D eigenvalue weighted by Gasteiger charge is -2.38. The number of piperidine rings is 1. The van der Waals surface area contributed by atoms with Crippen LogP contribution in [0.2, 0.25) is 5.02 Å². The summed E-state index contributed by atoms with van der Waals surface area (Å²) in [4.78, 5) is 13.6. The fraction of sp³-hybridized carbons (Fsp3) is 0.562. The van der Waals surface area contributed by atoms with Gasteiger partial charge in [0.2, 0.25) is 0 Å². The van der Waals surface area contributed by atoms with Crippen molar-refractivity contribution in [1.29, 1.82) is 0 Å². The summed E-state index contributed by atoms with van der Waals surface area (Å²) in [5, 5.41) is 10.1. The number of hydrogen-bond acceptors (Lipinski definition) is 2. The van der Waals surface area contributed by atoms with Crippen molar-refractivity contribution in [1.82, 2.24) is 4.90 Å². The smallest absolute Gasteiger partial charge is 0.308 e. The van der Waals surface area contributed by atoms with E-state index in [9.17, 15) is 9.90 Å². The van der Waals surface area contributed by atoms with Gasteiger partial charge in [0.1, 0.15) is 0 Å². The molecule has 0 aromatic heterocycles. The van der Waals surface area contributed by atoms with Crippen LogP contribution in [0, 0.1) is 19.8 Å². The molecular formula is C16H22ClNO2. The van der Waals surface area contributed by atoms with Crippen LogP contribution in [-0.2, 0) is 11.3 Å². The first-order chi connectivity index (χ1) is 9.40. The van der Waals surface area contributed by atoms with Gasteiger partial charge in [0.05, 0.1) is 5.92 Å². The molecule has 1 aromatic rings. The van der Waals surface area contributed by atoms with Crippen molar-refractivity contribution in [3.05, 3.63) is 33.8 Å². The molecule has 1 aliphatic heterocycles. The van der Waals surface area contributed by atoms with E-state index in [1.165, 1.54) is 16.7 Å². The van der Waals surface area contributed by atoms with E-state index < -0.39 is 5.97 Å². The van der Waals surface area contributed by atoms with Gasteiger partial charge in [0.15, 0.2) is 0 Å². The molecule has 0 unspecified atom stereocenters. The van der Waals surface area contributed by atoms with E-state index in [-0.39, 0.29) is 12.0 Å². The van der Waals surface area contributed by atoms with Crippen molar-refractivity contribution >= 4 is 17.6 Å². The third-order valence-corrected chi connectivity index (χ3v) is 4.68. The Labute approximate surface area is 125 Å². The van der Waals surface area contributed by atoms with E-state index in [0.717, 1.165) is 31.0 Å². The summed E-state index contributed by atoms with van der Waals surface area (Å²) in [5.41, 5.74) is 3.63. The predicted molar refractivity (Wildman–Crippen MR) is 81.2 cm³/mol. The Morgan fingerprint density at radius 3 is 2.55 bits per heavy atom. The molecule has 1 saturated heterocycles. The predicted octanol–water partition coefficient (Wildman–Crippen LogP) is 3.64. The summed E-state index contributed by atoms with van der Waals surface area (Å²) < 4.78 is 0. The Balaban J connectivity index is 2.19. The van der Waals surface area contributed by atoms with Crippen LogP contribution in [0.1, 0.15) is 36.5 Å². The Kier molecular flexibility index (Phi) is 4.71. The van der Waals surface area contributed by atoms with E-state index in [2.05, 4.69) is 18.7 Å². The van der Waals surface area contributed by atoms with Gasteiger partial charge in [-0.3, -0.25) is 9.69 Å². The highest BCUT2D eigenvalue weighted by atomic mass is 35.5. The number of benzene rings is 1. The number of halogens is 1. The average Bonchev–Trinajstić information content (AvgIpc) is 2.35. The number of likely N-dealkylation sites (tertiary alicyclic amines) is 1. The largest absolute Gasteiger partial charge is 0.481 e. The Morgan fingerprint density at radius 2 is 2.00 bits per heavy atom. The van der Waals surface area contributed by atoms with Gasteiger partial charge in [-0.2, -0.15) is 0 Å². The lowest BCUT2D eigenvalue weighted by Crippen LogP contribution is -2.45. The standard InChI is InChI=1S/C16H22ClNO2/c1-10-7-13(17)8-11(2)15(10)9-18-6-4-5-14(12(18)3)16(19)20/h7-8,12,14H,4-6,9H2,1-3H3,(H,19,20)/t12-,14-/m1/s1.